The van der Waals surface area contributed by atoms with Crippen LogP contribution in [0.25, 0.3) is 0 Å². The van der Waals surface area contributed by atoms with E-state index in [0.717, 1.165) is 18.4 Å². The number of amides is 1. The number of carbonyl (C=O) groups excluding carboxylic acids is 1. The van der Waals surface area contributed by atoms with Gasteiger partial charge >= 0.3 is 5.97 Å². The molecule has 114 valence electrons. The van der Waals surface area contributed by atoms with Crippen molar-refractivity contribution in [2.45, 2.75) is 44.6 Å². The van der Waals surface area contributed by atoms with Gasteiger partial charge in [-0.1, -0.05) is 30.7 Å². The van der Waals surface area contributed by atoms with Gasteiger partial charge in [-0.2, -0.15) is 0 Å². The van der Waals surface area contributed by atoms with Crippen LogP contribution in [0.3, 0.4) is 0 Å². The minimum atomic E-state index is -1.11. The predicted octanol–water partition coefficient (Wildman–Crippen LogP) is 3.03. The normalized spacial score (nSPS) is 25.3. The summed E-state index contributed by atoms with van der Waals surface area (Å²) < 4.78 is 0. The average molecular weight is 310 g/mol. The first-order valence-electron chi connectivity index (χ1n) is 7.20. The zero-order chi connectivity index (χ0) is 15.5. The second-order valence-corrected chi connectivity index (χ2v) is 6.36. The first-order chi connectivity index (χ1) is 9.91. The number of carboxylic acids is 1. The van der Waals surface area contributed by atoms with Crippen molar-refractivity contribution < 1.29 is 14.7 Å². The molecule has 1 fully saturated rings. The molecule has 5 heteroatoms. The molecule has 2 rings (SSSR count). The van der Waals surface area contributed by atoms with Gasteiger partial charge in [0.1, 0.15) is 5.54 Å². The number of halogens is 1. The Balaban J connectivity index is 2.04. The highest BCUT2D eigenvalue weighted by atomic mass is 35.5. The van der Waals surface area contributed by atoms with Crippen molar-refractivity contribution in [3.05, 3.63) is 34.9 Å². The minimum Gasteiger partial charge on any atom is -0.480 e. The summed E-state index contributed by atoms with van der Waals surface area (Å²) >= 11 is 5.89. The van der Waals surface area contributed by atoms with Gasteiger partial charge in [0.05, 0.1) is 6.42 Å². The van der Waals surface area contributed by atoms with Crippen LogP contribution in [0.5, 0.6) is 0 Å². The van der Waals surface area contributed by atoms with E-state index in [-0.39, 0.29) is 12.3 Å². The lowest BCUT2D eigenvalue weighted by atomic mass is 9.77. The van der Waals surface area contributed by atoms with Crippen LogP contribution < -0.4 is 5.32 Å². The molecule has 21 heavy (non-hydrogen) atoms. The lowest BCUT2D eigenvalue weighted by molar-refractivity contribution is -0.149. The largest absolute Gasteiger partial charge is 0.480 e. The molecular weight excluding hydrogens is 290 g/mol. The molecular formula is C16H20ClNO3. The van der Waals surface area contributed by atoms with Crippen LogP contribution in [0.4, 0.5) is 0 Å². The molecule has 1 aliphatic carbocycles. The fraction of sp³-hybridized carbons (Fsp3) is 0.500. The van der Waals surface area contributed by atoms with Gasteiger partial charge in [-0.15, -0.1) is 0 Å². The van der Waals surface area contributed by atoms with E-state index in [4.69, 9.17) is 11.6 Å². The summed E-state index contributed by atoms with van der Waals surface area (Å²) in [5.41, 5.74) is -0.327. The van der Waals surface area contributed by atoms with Crippen molar-refractivity contribution in [2.24, 2.45) is 5.92 Å². The Bertz CT molecular complexity index is 536. The Kier molecular flexibility index (Phi) is 4.88. The number of carboxylic acid groups (broad SMARTS) is 1. The lowest BCUT2D eigenvalue weighted by Gasteiger charge is -2.36. The second-order valence-electron chi connectivity index (χ2n) is 5.92. The van der Waals surface area contributed by atoms with Gasteiger partial charge in [-0.25, -0.2) is 4.79 Å². The molecule has 0 bridgehead atoms. The highest BCUT2D eigenvalue weighted by Crippen LogP contribution is 2.32. The summed E-state index contributed by atoms with van der Waals surface area (Å²) in [7, 11) is 0. The third-order valence-corrected chi connectivity index (χ3v) is 4.40. The monoisotopic (exact) mass is 309 g/mol. The Morgan fingerprint density at radius 1 is 1.38 bits per heavy atom. The van der Waals surface area contributed by atoms with Crippen molar-refractivity contribution >= 4 is 23.5 Å². The summed E-state index contributed by atoms with van der Waals surface area (Å²) in [5, 5.41) is 12.8. The zero-order valence-corrected chi connectivity index (χ0v) is 12.8. The molecule has 0 heterocycles. The van der Waals surface area contributed by atoms with Crippen LogP contribution in [-0.4, -0.2) is 22.5 Å². The number of rotatable bonds is 4. The maximum Gasteiger partial charge on any atom is 0.329 e. The molecule has 4 nitrogen and oxygen atoms in total. The zero-order valence-electron chi connectivity index (χ0n) is 12.1. The molecule has 0 atom stereocenters. The third-order valence-electron chi connectivity index (χ3n) is 4.17. The SMILES string of the molecule is CC1CCC(NC(=O)Cc2cccc(Cl)c2)(C(=O)O)CC1. The van der Waals surface area contributed by atoms with Crippen molar-refractivity contribution in [1.82, 2.24) is 5.32 Å². The maximum absolute atomic E-state index is 12.2. The molecule has 0 aromatic heterocycles. The van der Waals surface area contributed by atoms with Crippen LogP contribution in [0.1, 0.15) is 38.2 Å². The van der Waals surface area contributed by atoms with E-state index in [1.807, 2.05) is 6.07 Å². The van der Waals surface area contributed by atoms with Crippen LogP contribution in [0.15, 0.2) is 24.3 Å². The van der Waals surface area contributed by atoms with E-state index in [1.54, 1.807) is 18.2 Å². The molecule has 0 unspecified atom stereocenters. The molecule has 0 saturated heterocycles. The predicted molar refractivity (Wildman–Crippen MR) is 81.3 cm³/mol. The molecule has 2 N–H and O–H groups in total. The fourth-order valence-electron chi connectivity index (χ4n) is 2.79. The highest BCUT2D eigenvalue weighted by molar-refractivity contribution is 6.30. The van der Waals surface area contributed by atoms with Gasteiger partial charge in [0.2, 0.25) is 5.91 Å². The Morgan fingerprint density at radius 3 is 2.62 bits per heavy atom. The van der Waals surface area contributed by atoms with Crippen LogP contribution in [0, 0.1) is 5.92 Å². The van der Waals surface area contributed by atoms with Crippen molar-refractivity contribution in [2.75, 3.05) is 0 Å². The standard InChI is InChI=1S/C16H20ClNO3/c1-11-5-7-16(8-6-11,15(20)21)18-14(19)10-12-3-2-4-13(17)9-12/h2-4,9,11H,5-8,10H2,1H3,(H,18,19)(H,20,21). The molecule has 1 aromatic rings. The maximum atomic E-state index is 12.2. The minimum absolute atomic E-state index is 0.144. The van der Waals surface area contributed by atoms with E-state index >= 15 is 0 Å². The van der Waals surface area contributed by atoms with Crippen molar-refractivity contribution in [3.63, 3.8) is 0 Å². The Morgan fingerprint density at radius 2 is 2.05 bits per heavy atom. The third kappa shape index (κ3) is 3.97. The smallest absolute Gasteiger partial charge is 0.329 e. The van der Waals surface area contributed by atoms with Gasteiger partial charge in [0, 0.05) is 5.02 Å². The van der Waals surface area contributed by atoms with Crippen molar-refractivity contribution in [1.29, 1.82) is 0 Å². The van der Waals surface area contributed by atoms with Gasteiger partial charge < -0.3 is 10.4 Å². The topological polar surface area (TPSA) is 66.4 Å². The van der Waals surface area contributed by atoms with Crippen LogP contribution in [-0.2, 0) is 16.0 Å². The molecule has 1 aliphatic rings. The molecule has 0 aliphatic heterocycles. The number of benzene rings is 1. The number of hydrogen-bond donors (Lipinski definition) is 2. The van der Waals surface area contributed by atoms with E-state index in [2.05, 4.69) is 12.2 Å². The van der Waals surface area contributed by atoms with Gasteiger partial charge in [0.15, 0.2) is 0 Å². The first kappa shape index (κ1) is 15.8. The molecule has 1 saturated carbocycles. The number of nitrogens with one attached hydrogen (secondary N) is 1. The number of carbonyl (C=O) groups is 2. The number of aliphatic carboxylic acids is 1. The lowest BCUT2D eigenvalue weighted by Crippen LogP contribution is -2.56. The van der Waals surface area contributed by atoms with Gasteiger partial charge in [-0.05, 0) is 49.3 Å². The highest BCUT2D eigenvalue weighted by Gasteiger charge is 2.42. The second kappa shape index (κ2) is 6.48. The molecule has 0 radical (unpaired) electrons. The Hall–Kier alpha value is -1.55. The summed E-state index contributed by atoms with van der Waals surface area (Å²) in [5.74, 6) is -0.689. The average Bonchev–Trinajstić information content (AvgIpc) is 2.41. The fourth-order valence-corrected chi connectivity index (χ4v) is 3.00. The summed E-state index contributed by atoms with van der Waals surface area (Å²) in [6, 6.07) is 7.05. The Labute approximate surface area is 129 Å². The quantitative estimate of drug-likeness (QED) is 0.898. The summed E-state index contributed by atoms with van der Waals surface area (Å²) in [6.07, 6.45) is 2.77. The van der Waals surface area contributed by atoms with Gasteiger partial charge in [-0.3, -0.25) is 4.79 Å². The van der Waals surface area contributed by atoms with E-state index < -0.39 is 11.5 Å². The molecule has 0 spiro atoms. The number of hydrogen-bond acceptors (Lipinski definition) is 2. The van der Waals surface area contributed by atoms with Gasteiger partial charge in [0.25, 0.3) is 0 Å². The van der Waals surface area contributed by atoms with Crippen LogP contribution >= 0.6 is 11.6 Å². The molecule has 1 aromatic carbocycles. The summed E-state index contributed by atoms with van der Waals surface area (Å²) in [6.45, 7) is 2.11. The van der Waals surface area contributed by atoms with Crippen LogP contribution in [0.2, 0.25) is 5.02 Å². The molecule has 1 amide bonds. The first-order valence-corrected chi connectivity index (χ1v) is 7.58. The summed E-state index contributed by atoms with van der Waals surface area (Å²) in [4.78, 5) is 23.8. The van der Waals surface area contributed by atoms with E-state index in [0.29, 0.717) is 23.8 Å². The van der Waals surface area contributed by atoms with E-state index in [1.165, 1.54) is 0 Å². The van der Waals surface area contributed by atoms with E-state index in [9.17, 15) is 14.7 Å². The van der Waals surface area contributed by atoms with Crippen molar-refractivity contribution in [3.8, 4) is 0 Å².